The summed E-state index contributed by atoms with van der Waals surface area (Å²) in [6, 6.07) is 6.06. The molecule has 1 aromatic rings. The van der Waals surface area contributed by atoms with Gasteiger partial charge < -0.3 is 9.84 Å². The summed E-state index contributed by atoms with van der Waals surface area (Å²) in [4.78, 5) is 11.2. The van der Waals surface area contributed by atoms with Crippen molar-refractivity contribution in [3.05, 3.63) is 35.6 Å². The summed E-state index contributed by atoms with van der Waals surface area (Å²) < 4.78 is 18.6. The van der Waals surface area contributed by atoms with Crippen LogP contribution in [-0.2, 0) is 16.0 Å². The van der Waals surface area contributed by atoms with Crippen LogP contribution in [0.1, 0.15) is 32.8 Å². The number of hydrogen-bond donors (Lipinski definition) is 1. The monoisotopic (exact) mass is 268 g/mol. The molecule has 1 unspecified atom stereocenters. The number of halogens is 1. The molecule has 1 rings (SSSR count). The van der Waals surface area contributed by atoms with Crippen LogP contribution in [0.15, 0.2) is 24.3 Å². The number of hydrogen-bond acceptors (Lipinski definition) is 2. The molecule has 0 heterocycles. The predicted octanol–water partition coefficient (Wildman–Crippen LogP) is 3.27. The number of rotatable bonds is 6. The summed E-state index contributed by atoms with van der Waals surface area (Å²) in [5.74, 6) is -1.77. The van der Waals surface area contributed by atoms with Crippen molar-refractivity contribution in [2.24, 2.45) is 5.92 Å². The molecule has 1 N–H and O–H groups in total. The van der Waals surface area contributed by atoms with E-state index in [1.54, 1.807) is 12.1 Å². The largest absolute Gasteiger partial charge is 0.481 e. The lowest BCUT2D eigenvalue weighted by Gasteiger charge is -2.21. The van der Waals surface area contributed by atoms with E-state index in [0.29, 0.717) is 25.0 Å². The topological polar surface area (TPSA) is 46.5 Å². The molecule has 0 aliphatic carbocycles. The Balaban J connectivity index is 2.56. The average molecular weight is 268 g/mol. The first-order valence-corrected chi connectivity index (χ1v) is 6.39. The Morgan fingerprint density at radius 1 is 1.42 bits per heavy atom. The molecule has 0 aliphatic heterocycles. The number of ether oxygens (including phenoxy) is 1. The van der Waals surface area contributed by atoms with Gasteiger partial charge in [0.1, 0.15) is 5.82 Å². The predicted molar refractivity (Wildman–Crippen MR) is 71.6 cm³/mol. The first kappa shape index (κ1) is 15.6. The SMILES string of the molecule is CC(C)(C)OCCC(Cc1cccc(F)c1)C(=O)O. The molecular weight excluding hydrogens is 247 g/mol. The van der Waals surface area contributed by atoms with Crippen LogP contribution in [0, 0.1) is 11.7 Å². The first-order chi connectivity index (χ1) is 8.78. The highest BCUT2D eigenvalue weighted by Gasteiger charge is 2.19. The number of carbonyl (C=O) groups is 1. The van der Waals surface area contributed by atoms with Crippen LogP contribution < -0.4 is 0 Å². The zero-order chi connectivity index (χ0) is 14.5. The van der Waals surface area contributed by atoms with Crippen LogP contribution in [0.25, 0.3) is 0 Å². The Labute approximate surface area is 113 Å². The van der Waals surface area contributed by atoms with Gasteiger partial charge in [-0.3, -0.25) is 4.79 Å². The lowest BCUT2D eigenvalue weighted by molar-refractivity contribution is -0.142. The van der Waals surface area contributed by atoms with Crippen LogP contribution >= 0.6 is 0 Å². The van der Waals surface area contributed by atoms with Crippen molar-refractivity contribution in [2.75, 3.05) is 6.61 Å². The number of benzene rings is 1. The molecular formula is C15H21FO3. The third-order valence-electron chi connectivity index (χ3n) is 2.72. The summed E-state index contributed by atoms with van der Waals surface area (Å²) in [5, 5.41) is 9.18. The molecule has 0 fully saturated rings. The van der Waals surface area contributed by atoms with Gasteiger partial charge in [-0.1, -0.05) is 12.1 Å². The normalized spacial score (nSPS) is 13.3. The molecule has 0 aromatic heterocycles. The molecule has 0 saturated carbocycles. The van der Waals surface area contributed by atoms with Gasteiger partial charge in [-0.25, -0.2) is 4.39 Å². The lowest BCUT2D eigenvalue weighted by atomic mass is 9.96. The Kier molecular flexibility index (Phi) is 5.48. The van der Waals surface area contributed by atoms with E-state index in [4.69, 9.17) is 4.74 Å². The van der Waals surface area contributed by atoms with E-state index >= 15 is 0 Å². The molecule has 0 saturated heterocycles. The van der Waals surface area contributed by atoms with Gasteiger partial charge in [0.05, 0.1) is 11.5 Å². The minimum absolute atomic E-state index is 0.276. The van der Waals surface area contributed by atoms with E-state index in [1.165, 1.54) is 12.1 Å². The van der Waals surface area contributed by atoms with E-state index in [2.05, 4.69) is 0 Å². The van der Waals surface area contributed by atoms with Crippen molar-refractivity contribution < 1.29 is 19.0 Å². The Hall–Kier alpha value is -1.42. The second-order valence-electron chi connectivity index (χ2n) is 5.62. The fourth-order valence-electron chi connectivity index (χ4n) is 1.77. The van der Waals surface area contributed by atoms with E-state index in [0.717, 1.165) is 0 Å². The van der Waals surface area contributed by atoms with Crippen molar-refractivity contribution in [2.45, 2.75) is 39.2 Å². The highest BCUT2D eigenvalue weighted by atomic mass is 19.1. The minimum Gasteiger partial charge on any atom is -0.481 e. The third kappa shape index (κ3) is 6.34. The molecule has 19 heavy (non-hydrogen) atoms. The second-order valence-corrected chi connectivity index (χ2v) is 5.62. The van der Waals surface area contributed by atoms with E-state index in [9.17, 15) is 14.3 Å². The summed E-state index contributed by atoms with van der Waals surface area (Å²) in [6.45, 7) is 6.16. The van der Waals surface area contributed by atoms with Crippen molar-refractivity contribution in [3.8, 4) is 0 Å². The molecule has 4 heteroatoms. The zero-order valence-corrected chi connectivity index (χ0v) is 11.6. The average Bonchev–Trinajstić information content (AvgIpc) is 2.26. The highest BCUT2D eigenvalue weighted by Crippen LogP contribution is 2.16. The second kappa shape index (κ2) is 6.66. The quantitative estimate of drug-likeness (QED) is 0.861. The van der Waals surface area contributed by atoms with Gasteiger partial charge in [0, 0.05) is 6.61 Å². The number of carboxylic acid groups (broad SMARTS) is 1. The van der Waals surface area contributed by atoms with Gasteiger partial charge in [-0.15, -0.1) is 0 Å². The fraction of sp³-hybridized carbons (Fsp3) is 0.533. The molecule has 0 aliphatic rings. The van der Waals surface area contributed by atoms with Crippen LogP contribution in [-0.4, -0.2) is 23.3 Å². The Morgan fingerprint density at radius 3 is 2.63 bits per heavy atom. The van der Waals surface area contributed by atoms with Crippen molar-refractivity contribution in [1.29, 1.82) is 0 Å². The molecule has 1 atom stereocenters. The standard InChI is InChI=1S/C15H21FO3/c1-15(2,3)19-8-7-12(14(17)18)9-11-5-4-6-13(16)10-11/h4-6,10,12H,7-9H2,1-3H3,(H,17,18). The molecule has 106 valence electrons. The molecule has 0 radical (unpaired) electrons. The molecule has 3 nitrogen and oxygen atoms in total. The lowest BCUT2D eigenvalue weighted by Crippen LogP contribution is -2.24. The van der Waals surface area contributed by atoms with Crippen LogP contribution in [0.3, 0.4) is 0 Å². The summed E-state index contributed by atoms with van der Waals surface area (Å²) >= 11 is 0. The van der Waals surface area contributed by atoms with Crippen LogP contribution in [0.2, 0.25) is 0 Å². The molecule has 1 aromatic carbocycles. The van der Waals surface area contributed by atoms with Crippen LogP contribution in [0.4, 0.5) is 4.39 Å². The molecule has 0 bridgehead atoms. The van der Waals surface area contributed by atoms with Crippen molar-refractivity contribution >= 4 is 5.97 Å². The van der Waals surface area contributed by atoms with Gasteiger partial charge >= 0.3 is 5.97 Å². The smallest absolute Gasteiger partial charge is 0.306 e. The van der Waals surface area contributed by atoms with Crippen LogP contribution in [0.5, 0.6) is 0 Å². The van der Waals surface area contributed by atoms with Gasteiger partial charge in [0.2, 0.25) is 0 Å². The van der Waals surface area contributed by atoms with E-state index in [1.807, 2.05) is 20.8 Å². The summed E-state index contributed by atoms with van der Waals surface area (Å²) in [5.41, 5.74) is 0.421. The maximum absolute atomic E-state index is 13.1. The maximum Gasteiger partial charge on any atom is 0.306 e. The fourth-order valence-corrected chi connectivity index (χ4v) is 1.77. The third-order valence-corrected chi connectivity index (χ3v) is 2.72. The van der Waals surface area contributed by atoms with Gasteiger partial charge in [0.25, 0.3) is 0 Å². The summed E-state index contributed by atoms with van der Waals surface area (Å²) in [6.07, 6.45) is 0.740. The summed E-state index contributed by atoms with van der Waals surface area (Å²) in [7, 11) is 0. The number of carboxylic acids is 1. The zero-order valence-electron chi connectivity index (χ0n) is 11.6. The number of aliphatic carboxylic acids is 1. The van der Waals surface area contributed by atoms with E-state index < -0.39 is 11.9 Å². The first-order valence-electron chi connectivity index (χ1n) is 6.39. The van der Waals surface area contributed by atoms with Gasteiger partial charge in [-0.05, 0) is 51.3 Å². The highest BCUT2D eigenvalue weighted by molar-refractivity contribution is 5.70. The Morgan fingerprint density at radius 2 is 2.11 bits per heavy atom. The minimum atomic E-state index is -0.873. The maximum atomic E-state index is 13.1. The van der Waals surface area contributed by atoms with E-state index in [-0.39, 0.29) is 11.4 Å². The van der Waals surface area contributed by atoms with Crippen molar-refractivity contribution in [1.82, 2.24) is 0 Å². The molecule has 0 amide bonds. The van der Waals surface area contributed by atoms with Gasteiger partial charge in [0.15, 0.2) is 0 Å². The van der Waals surface area contributed by atoms with Gasteiger partial charge in [-0.2, -0.15) is 0 Å². The molecule has 0 spiro atoms. The van der Waals surface area contributed by atoms with Crippen molar-refractivity contribution in [3.63, 3.8) is 0 Å². The Bertz CT molecular complexity index is 424.